The maximum Gasteiger partial charge on any atom is 0.228 e. The van der Waals surface area contributed by atoms with Crippen LogP contribution in [0.2, 0.25) is 5.02 Å². The molecule has 0 unspecified atom stereocenters. The van der Waals surface area contributed by atoms with Gasteiger partial charge in [-0.2, -0.15) is 0 Å². The summed E-state index contributed by atoms with van der Waals surface area (Å²) in [5, 5.41) is 0.611. The molecule has 1 saturated heterocycles. The first-order chi connectivity index (χ1) is 8.25. The Bertz CT molecular complexity index is 370. The summed E-state index contributed by atoms with van der Waals surface area (Å²) in [6.07, 6.45) is 5.58. The lowest BCUT2D eigenvalue weighted by molar-refractivity contribution is 0.180. The Morgan fingerprint density at radius 3 is 2.82 bits per heavy atom. The van der Waals surface area contributed by atoms with Crippen LogP contribution in [0.5, 0.6) is 5.88 Å². The molecular formula is C12H16BrClN2O. The van der Waals surface area contributed by atoms with Gasteiger partial charge in [0.05, 0.1) is 9.50 Å². The molecule has 1 aliphatic rings. The summed E-state index contributed by atoms with van der Waals surface area (Å²) in [7, 11) is 0. The molecule has 0 N–H and O–H groups in total. The number of rotatable bonds is 4. The second-order valence-corrected chi connectivity index (χ2v) is 5.48. The van der Waals surface area contributed by atoms with Gasteiger partial charge >= 0.3 is 0 Å². The lowest BCUT2D eigenvalue weighted by Gasteiger charge is -2.26. The second-order valence-electron chi connectivity index (χ2n) is 4.19. The van der Waals surface area contributed by atoms with Crippen LogP contribution >= 0.6 is 27.5 Å². The van der Waals surface area contributed by atoms with Crippen molar-refractivity contribution in [1.29, 1.82) is 0 Å². The van der Waals surface area contributed by atoms with E-state index in [-0.39, 0.29) is 0 Å². The minimum absolute atomic E-state index is 0.611. The quantitative estimate of drug-likeness (QED) is 0.851. The van der Waals surface area contributed by atoms with Gasteiger partial charge in [0, 0.05) is 12.7 Å². The molecular weight excluding hydrogens is 304 g/mol. The molecule has 17 heavy (non-hydrogen) atoms. The fourth-order valence-corrected chi connectivity index (χ4v) is 2.72. The molecule has 0 atom stereocenters. The fraction of sp³-hybridized carbons (Fsp3) is 0.583. The largest absolute Gasteiger partial charge is 0.476 e. The minimum atomic E-state index is 0.611. The van der Waals surface area contributed by atoms with Gasteiger partial charge in [0.1, 0.15) is 6.61 Å². The van der Waals surface area contributed by atoms with Gasteiger partial charge < -0.3 is 4.74 Å². The predicted octanol–water partition coefficient (Wildman–Crippen LogP) is 3.36. The topological polar surface area (TPSA) is 25.4 Å². The summed E-state index contributed by atoms with van der Waals surface area (Å²) in [4.78, 5) is 6.58. The Labute approximate surface area is 115 Å². The number of hydrogen-bond acceptors (Lipinski definition) is 3. The molecule has 0 amide bonds. The molecule has 3 nitrogen and oxygen atoms in total. The Morgan fingerprint density at radius 2 is 2.12 bits per heavy atom. The number of nitrogens with zero attached hydrogens (tertiary/aromatic N) is 2. The average molecular weight is 320 g/mol. The Balaban J connectivity index is 1.77. The van der Waals surface area contributed by atoms with Crippen molar-refractivity contribution in [3.8, 4) is 5.88 Å². The van der Waals surface area contributed by atoms with Gasteiger partial charge in [-0.15, -0.1) is 0 Å². The summed E-state index contributed by atoms with van der Waals surface area (Å²) in [5.74, 6) is 0.617. The number of piperidine rings is 1. The van der Waals surface area contributed by atoms with Crippen molar-refractivity contribution in [1.82, 2.24) is 9.88 Å². The second kappa shape index (κ2) is 6.57. The van der Waals surface area contributed by atoms with Crippen LogP contribution < -0.4 is 4.74 Å². The van der Waals surface area contributed by atoms with E-state index in [0.29, 0.717) is 17.5 Å². The van der Waals surface area contributed by atoms with Gasteiger partial charge in [-0.05, 0) is 47.9 Å². The highest BCUT2D eigenvalue weighted by molar-refractivity contribution is 9.10. The lowest BCUT2D eigenvalue weighted by atomic mass is 10.1. The molecule has 0 aliphatic carbocycles. The predicted molar refractivity (Wildman–Crippen MR) is 72.7 cm³/mol. The maximum absolute atomic E-state index is 5.82. The van der Waals surface area contributed by atoms with Crippen LogP contribution in [0.4, 0.5) is 0 Å². The zero-order chi connectivity index (χ0) is 12.1. The van der Waals surface area contributed by atoms with Crippen molar-refractivity contribution in [3.05, 3.63) is 21.8 Å². The Kier molecular flexibility index (Phi) is 5.07. The molecule has 5 heteroatoms. The highest BCUT2D eigenvalue weighted by atomic mass is 79.9. The molecule has 1 aliphatic heterocycles. The van der Waals surface area contributed by atoms with Crippen LogP contribution in [0.25, 0.3) is 0 Å². The highest BCUT2D eigenvalue weighted by Crippen LogP contribution is 2.25. The first-order valence-corrected chi connectivity index (χ1v) is 7.09. The van der Waals surface area contributed by atoms with E-state index in [2.05, 4.69) is 25.8 Å². The number of pyridine rings is 1. The van der Waals surface area contributed by atoms with E-state index in [4.69, 9.17) is 16.3 Å². The van der Waals surface area contributed by atoms with E-state index >= 15 is 0 Å². The van der Waals surface area contributed by atoms with Crippen molar-refractivity contribution < 1.29 is 4.74 Å². The lowest BCUT2D eigenvalue weighted by Crippen LogP contribution is -2.33. The molecule has 0 spiro atoms. The normalized spacial score (nSPS) is 17.1. The van der Waals surface area contributed by atoms with Gasteiger partial charge in [-0.3, -0.25) is 4.90 Å². The van der Waals surface area contributed by atoms with Crippen molar-refractivity contribution in [2.45, 2.75) is 19.3 Å². The van der Waals surface area contributed by atoms with Crippen molar-refractivity contribution in [3.63, 3.8) is 0 Å². The van der Waals surface area contributed by atoms with Gasteiger partial charge in [-0.25, -0.2) is 4.98 Å². The van der Waals surface area contributed by atoms with E-state index in [9.17, 15) is 0 Å². The third-order valence-electron chi connectivity index (χ3n) is 2.87. The van der Waals surface area contributed by atoms with E-state index in [1.54, 1.807) is 12.3 Å². The zero-order valence-electron chi connectivity index (χ0n) is 9.66. The third-order valence-corrected chi connectivity index (χ3v) is 3.64. The van der Waals surface area contributed by atoms with Crippen LogP contribution in [0.1, 0.15) is 19.3 Å². The minimum Gasteiger partial charge on any atom is -0.476 e. The van der Waals surface area contributed by atoms with E-state index in [0.717, 1.165) is 11.0 Å². The molecule has 0 saturated carbocycles. The van der Waals surface area contributed by atoms with Crippen molar-refractivity contribution in [2.75, 3.05) is 26.2 Å². The molecule has 1 aromatic rings. The van der Waals surface area contributed by atoms with Gasteiger partial charge in [0.25, 0.3) is 0 Å². The van der Waals surface area contributed by atoms with E-state index < -0.39 is 0 Å². The SMILES string of the molecule is Clc1cnc(OCCN2CCCCC2)c(Br)c1. The van der Waals surface area contributed by atoms with E-state index in [1.165, 1.54) is 32.4 Å². The molecule has 2 heterocycles. The summed E-state index contributed by atoms with van der Waals surface area (Å²) in [6.45, 7) is 4.03. The number of likely N-dealkylation sites (tertiary alicyclic amines) is 1. The van der Waals surface area contributed by atoms with Gasteiger partial charge in [0.15, 0.2) is 0 Å². The summed E-state index contributed by atoms with van der Waals surface area (Å²) < 4.78 is 6.45. The first-order valence-electron chi connectivity index (χ1n) is 5.92. The monoisotopic (exact) mass is 318 g/mol. The molecule has 0 bridgehead atoms. The number of aromatic nitrogens is 1. The van der Waals surface area contributed by atoms with Crippen LogP contribution in [-0.4, -0.2) is 36.1 Å². The number of halogens is 2. The maximum atomic E-state index is 5.82. The Morgan fingerprint density at radius 1 is 1.35 bits per heavy atom. The molecule has 94 valence electrons. The first kappa shape index (κ1) is 13.1. The molecule has 0 radical (unpaired) electrons. The van der Waals surface area contributed by atoms with Gasteiger partial charge in [-0.1, -0.05) is 18.0 Å². The van der Waals surface area contributed by atoms with Crippen LogP contribution in [0.3, 0.4) is 0 Å². The summed E-state index contributed by atoms with van der Waals surface area (Å²) >= 11 is 9.20. The molecule has 1 aromatic heterocycles. The number of ether oxygens (including phenoxy) is 1. The van der Waals surface area contributed by atoms with Crippen molar-refractivity contribution >= 4 is 27.5 Å². The number of hydrogen-bond donors (Lipinski definition) is 0. The van der Waals surface area contributed by atoms with Crippen LogP contribution in [0.15, 0.2) is 16.7 Å². The van der Waals surface area contributed by atoms with Crippen LogP contribution in [-0.2, 0) is 0 Å². The highest BCUT2D eigenvalue weighted by Gasteiger charge is 2.10. The van der Waals surface area contributed by atoms with Crippen LogP contribution in [0, 0.1) is 0 Å². The zero-order valence-corrected chi connectivity index (χ0v) is 12.0. The third kappa shape index (κ3) is 4.12. The summed E-state index contributed by atoms with van der Waals surface area (Å²) in [6, 6.07) is 1.80. The van der Waals surface area contributed by atoms with E-state index in [1.807, 2.05) is 0 Å². The molecule has 1 fully saturated rings. The average Bonchev–Trinajstić information content (AvgIpc) is 2.33. The molecule has 2 rings (SSSR count). The fourth-order valence-electron chi connectivity index (χ4n) is 1.96. The standard InChI is InChI=1S/C12H16BrClN2O/c13-11-8-10(14)9-15-12(11)17-7-6-16-4-2-1-3-5-16/h8-9H,1-7H2. The molecule has 0 aromatic carbocycles. The smallest absolute Gasteiger partial charge is 0.228 e. The van der Waals surface area contributed by atoms with Gasteiger partial charge in [0.2, 0.25) is 5.88 Å². The van der Waals surface area contributed by atoms with Crippen molar-refractivity contribution in [2.24, 2.45) is 0 Å². The Hall–Kier alpha value is -0.320. The summed E-state index contributed by atoms with van der Waals surface area (Å²) in [5.41, 5.74) is 0.